The molecular weight excluding hydrogens is 392 g/mol. The normalized spacial score (nSPS) is 13.0. The second-order valence-corrected chi connectivity index (χ2v) is 6.92. The van der Waals surface area contributed by atoms with E-state index in [0.29, 0.717) is 22.0 Å². The van der Waals surface area contributed by atoms with Crippen molar-refractivity contribution in [2.24, 2.45) is 0 Å². The number of aliphatic hydroxyl groups is 1. The van der Waals surface area contributed by atoms with Gasteiger partial charge in [-0.1, -0.05) is 29.8 Å². The van der Waals surface area contributed by atoms with Crippen LogP contribution >= 0.6 is 11.6 Å². The third kappa shape index (κ3) is 3.72. The molecule has 0 atom stereocenters. The number of halogens is 1. The number of amides is 2. The SMILES string of the molecule is O=C1c2ccccc2C(=O)N1CCOc1ccc(-c2cc(CO)ccc2Cl)cn1. The van der Waals surface area contributed by atoms with E-state index in [1.165, 1.54) is 4.90 Å². The van der Waals surface area contributed by atoms with Crippen LogP contribution in [0, 0.1) is 0 Å². The van der Waals surface area contributed by atoms with E-state index in [4.69, 9.17) is 16.3 Å². The molecule has 146 valence electrons. The number of pyridine rings is 1. The summed E-state index contributed by atoms with van der Waals surface area (Å²) < 4.78 is 5.60. The van der Waals surface area contributed by atoms with Crippen molar-refractivity contribution in [1.29, 1.82) is 0 Å². The molecule has 2 aromatic carbocycles. The van der Waals surface area contributed by atoms with Gasteiger partial charge in [-0.2, -0.15) is 0 Å². The standard InChI is InChI=1S/C22H17ClN2O4/c23-19-7-5-14(13-26)11-18(19)15-6-8-20(24-12-15)29-10-9-25-21(27)16-3-1-2-4-17(16)22(25)28/h1-8,11-12,26H,9-10,13H2. The summed E-state index contributed by atoms with van der Waals surface area (Å²) in [4.78, 5) is 30.1. The Morgan fingerprint density at radius 3 is 2.31 bits per heavy atom. The molecule has 7 heteroatoms. The summed E-state index contributed by atoms with van der Waals surface area (Å²) in [6, 6.07) is 15.6. The van der Waals surface area contributed by atoms with Crippen molar-refractivity contribution in [3.05, 3.63) is 82.5 Å². The van der Waals surface area contributed by atoms with Gasteiger partial charge in [-0.3, -0.25) is 14.5 Å². The predicted octanol–water partition coefficient (Wildman–Crippen LogP) is 3.57. The molecule has 0 saturated heterocycles. The topological polar surface area (TPSA) is 79.7 Å². The van der Waals surface area contributed by atoms with Gasteiger partial charge in [-0.05, 0) is 35.9 Å². The fourth-order valence-electron chi connectivity index (χ4n) is 3.20. The molecule has 29 heavy (non-hydrogen) atoms. The first-order chi connectivity index (χ1) is 14.1. The maximum Gasteiger partial charge on any atom is 0.261 e. The number of hydrogen-bond donors (Lipinski definition) is 1. The van der Waals surface area contributed by atoms with Crippen LogP contribution in [0.3, 0.4) is 0 Å². The highest BCUT2D eigenvalue weighted by Crippen LogP contribution is 2.29. The van der Waals surface area contributed by atoms with Crippen LogP contribution < -0.4 is 4.74 Å². The number of carbonyl (C=O) groups excluding carboxylic acids is 2. The Morgan fingerprint density at radius 2 is 1.69 bits per heavy atom. The zero-order valence-corrected chi connectivity index (χ0v) is 16.1. The minimum absolute atomic E-state index is 0.0728. The van der Waals surface area contributed by atoms with Gasteiger partial charge in [-0.15, -0.1) is 0 Å². The van der Waals surface area contributed by atoms with Crippen molar-refractivity contribution in [3.8, 4) is 17.0 Å². The van der Waals surface area contributed by atoms with Gasteiger partial charge >= 0.3 is 0 Å². The lowest BCUT2D eigenvalue weighted by atomic mass is 10.1. The van der Waals surface area contributed by atoms with Gasteiger partial charge in [-0.25, -0.2) is 4.98 Å². The van der Waals surface area contributed by atoms with E-state index in [1.807, 2.05) is 12.1 Å². The van der Waals surface area contributed by atoms with E-state index in [-0.39, 0.29) is 31.6 Å². The number of nitrogens with zero attached hydrogens (tertiary/aromatic N) is 2. The molecule has 3 aromatic rings. The summed E-state index contributed by atoms with van der Waals surface area (Å²) in [7, 11) is 0. The molecule has 0 fully saturated rings. The lowest BCUT2D eigenvalue weighted by Gasteiger charge is -2.14. The van der Waals surface area contributed by atoms with Crippen molar-refractivity contribution < 1.29 is 19.4 Å². The average Bonchev–Trinajstić information content (AvgIpc) is 3.00. The molecule has 2 heterocycles. The van der Waals surface area contributed by atoms with E-state index in [9.17, 15) is 14.7 Å². The van der Waals surface area contributed by atoms with Crippen molar-refractivity contribution >= 4 is 23.4 Å². The van der Waals surface area contributed by atoms with E-state index < -0.39 is 0 Å². The zero-order chi connectivity index (χ0) is 20.4. The van der Waals surface area contributed by atoms with Gasteiger partial charge in [0.25, 0.3) is 11.8 Å². The summed E-state index contributed by atoms with van der Waals surface area (Å²) in [5.41, 5.74) is 3.15. The summed E-state index contributed by atoms with van der Waals surface area (Å²) in [5.74, 6) is -0.244. The van der Waals surface area contributed by atoms with Crippen molar-refractivity contribution in [1.82, 2.24) is 9.88 Å². The molecule has 6 nitrogen and oxygen atoms in total. The van der Waals surface area contributed by atoms with Gasteiger partial charge < -0.3 is 9.84 Å². The Bertz CT molecular complexity index is 1050. The molecule has 1 aliphatic heterocycles. The average molecular weight is 409 g/mol. The fourth-order valence-corrected chi connectivity index (χ4v) is 3.43. The molecular formula is C22H17ClN2O4. The first-order valence-corrected chi connectivity index (χ1v) is 9.40. The second kappa shape index (κ2) is 8.03. The zero-order valence-electron chi connectivity index (χ0n) is 15.3. The van der Waals surface area contributed by atoms with Crippen LogP contribution in [-0.2, 0) is 6.61 Å². The van der Waals surface area contributed by atoms with Crippen LogP contribution in [0.15, 0.2) is 60.8 Å². The van der Waals surface area contributed by atoms with E-state index in [1.54, 1.807) is 48.7 Å². The van der Waals surface area contributed by atoms with Gasteiger partial charge in [0.15, 0.2) is 0 Å². The molecule has 0 spiro atoms. The number of hydrogen-bond acceptors (Lipinski definition) is 5. The largest absolute Gasteiger partial charge is 0.476 e. The summed E-state index contributed by atoms with van der Waals surface area (Å²) in [6.45, 7) is 0.204. The number of benzene rings is 2. The Kier molecular flexibility index (Phi) is 5.29. The minimum atomic E-state index is -0.309. The van der Waals surface area contributed by atoms with E-state index in [2.05, 4.69) is 4.98 Å². The number of carbonyl (C=O) groups is 2. The smallest absolute Gasteiger partial charge is 0.261 e. The Balaban J connectivity index is 1.39. The quantitative estimate of drug-likeness (QED) is 0.631. The lowest BCUT2D eigenvalue weighted by molar-refractivity contribution is 0.0630. The molecule has 0 unspecified atom stereocenters. The Morgan fingerprint density at radius 1 is 0.966 bits per heavy atom. The molecule has 0 radical (unpaired) electrons. The highest BCUT2D eigenvalue weighted by molar-refractivity contribution is 6.33. The Hall–Kier alpha value is -3.22. The van der Waals surface area contributed by atoms with Crippen LogP contribution in [0.5, 0.6) is 5.88 Å². The van der Waals surface area contributed by atoms with Gasteiger partial charge in [0.1, 0.15) is 6.61 Å². The number of aliphatic hydroxyl groups excluding tert-OH is 1. The highest BCUT2D eigenvalue weighted by Gasteiger charge is 2.34. The van der Waals surface area contributed by atoms with Gasteiger partial charge in [0.05, 0.1) is 24.3 Å². The third-order valence-electron chi connectivity index (χ3n) is 4.70. The Labute approximate surface area is 172 Å². The summed E-state index contributed by atoms with van der Waals surface area (Å²) in [5, 5.41) is 9.85. The summed E-state index contributed by atoms with van der Waals surface area (Å²) in [6.07, 6.45) is 1.62. The molecule has 1 N–H and O–H groups in total. The van der Waals surface area contributed by atoms with Crippen LogP contribution in [0.2, 0.25) is 5.02 Å². The second-order valence-electron chi connectivity index (χ2n) is 6.51. The first-order valence-electron chi connectivity index (χ1n) is 9.02. The van der Waals surface area contributed by atoms with Crippen molar-refractivity contribution in [3.63, 3.8) is 0 Å². The maximum absolute atomic E-state index is 12.3. The molecule has 0 aliphatic carbocycles. The lowest BCUT2D eigenvalue weighted by Crippen LogP contribution is -2.33. The van der Waals surface area contributed by atoms with Crippen LogP contribution in [0.25, 0.3) is 11.1 Å². The van der Waals surface area contributed by atoms with Crippen molar-refractivity contribution in [2.45, 2.75) is 6.61 Å². The van der Waals surface area contributed by atoms with Gasteiger partial charge in [0, 0.05) is 28.4 Å². The maximum atomic E-state index is 12.3. The third-order valence-corrected chi connectivity index (χ3v) is 5.03. The van der Waals surface area contributed by atoms with Crippen LogP contribution in [0.4, 0.5) is 0 Å². The number of imide groups is 1. The number of aromatic nitrogens is 1. The van der Waals surface area contributed by atoms with Crippen molar-refractivity contribution in [2.75, 3.05) is 13.2 Å². The van der Waals surface area contributed by atoms with Gasteiger partial charge in [0.2, 0.25) is 5.88 Å². The van der Waals surface area contributed by atoms with Crippen LogP contribution in [-0.4, -0.2) is 40.0 Å². The molecule has 1 aromatic heterocycles. The molecule has 0 bridgehead atoms. The van der Waals surface area contributed by atoms with E-state index in [0.717, 1.165) is 16.7 Å². The number of rotatable bonds is 6. The summed E-state index contributed by atoms with van der Waals surface area (Å²) >= 11 is 6.24. The predicted molar refractivity (Wildman–Crippen MR) is 108 cm³/mol. The molecule has 2 amide bonds. The number of fused-ring (bicyclic) bond motifs is 1. The van der Waals surface area contributed by atoms with E-state index >= 15 is 0 Å². The molecule has 4 rings (SSSR count). The number of ether oxygens (including phenoxy) is 1. The highest BCUT2D eigenvalue weighted by atomic mass is 35.5. The molecule has 0 saturated carbocycles. The van der Waals surface area contributed by atoms with Crippen LogP contribution in [0.1, 0.15) is 26.3 Å². The first kappa shape index (κ1) is 19.1. The minimum Gasteiger partial charge on any atom is -0.476 e. The fraction of sp³-hybridized carbons (Fsp3) is 0.136. The monoisotopic (exact) mass is 408 g/mol. The molecule has 1 aliphatic rings.